The second kappa shape index (κ2) is 5.72. The van der Waals surface area contributed by atoms with E-state index in [4.69, 9.17) is 5.11 Å². The Hall–Kier alpha value is -2.10. The summed E-state index contributed by atoms with van der Waals surface area (Å²) in [4.78, 5) is 25.3. The van der Waals surface area contributed by atoms with Crippen LogP contribution in [0.1, 0.15) is 48.0 Å². The lowest BCUT2D eigenvalue weighted by Crippen LogP contribution is -2.29. The highest BCUT2D eigenvalue weighted by Gasteiger charge is 2.26. The standard InChI is InChI=1S/C17H19NO3/c19-16(10-12-4-2-1-3-5-12)18-9-8-13-11-14(17(20)21)6-7-15(13)18/h4,6-7,11H,1-3,5,8-10H2,(H,20,21). The van der Waals surface area contributed by atoms with Gasteiger partial charge in [0.2, 0.25) is 5.91 Å². The number of carbonyl (C=O) groups excluding carboxylic acids is 1. The summed E-state index contributed by atoms with van der Waals surface area (Å²) in [6.07, 6.45) is 7.96. The van der Waals surface area contributed by atoms with Crippen molar-refractivity contribution in [1.82, 2.24) is 0 Å². The Kier molecular flexibility index (Phi) is 3.78. The minimum Gasteiger partial charge on any atom is -0.478 e. The van der Waals surface area contributed by atoms with Crippen LogP contribution in [-0.4, -0.2) is 23.5 Å². The van der Waals surface area contributed by atoms with Crippen molar-refractivity contribution in [3.05, 3.63) is 41.0 Å². The Morgan fingerprint density at radius 3 is 2.76 bits per heavy atom. The summed E-state index contributed by atoms with van der Waals surface area (Å²) in [5.41, 5.74) is 3.38. The van der Waals surface area contributed by atoms with E-state index < -0.39 is 5.97 Å². The molecule has 1 aliphatic carbocycles. The number of carbonyl (C=O) groups is 2. The van der Waals surface area contributed by atoms with Crippen molar-refractivity contribution < 1.29 is 14.7 Å². The Morgan fingerprint density at radius 1 is 1.19 bits per heavy atom. The molecular formula is C17H19NO3. The largest absolute Gasteiger partial charge is 0.478 e. The molecule has 1 aromatic carbocycles. The highest BCUT2D eigenvalue weighted by Crippen LogP contribution is 2.31. The van der Waals surface area contributed by atoms with E-state index in [-0.39, 0.29) is 11.5 Å². The van der Waals surface area contributed by atoms with Gasteiger partial charge in [0.1, 0.15) is 0 Å². The van der Waals surface area contributed by atoms with Crippen LogP contribution in [0.5, 0.6) is 0 Å². The quantitative estimate of drug-likeness (QED) is 0.868. The third-order valence-corrected chi connectivity index (χ3v) is 4.29. The maximum atomic E-state index is 12.5. The zero-order chi connectivity index (χ0) is 14.8. The number of hydrogen-bond acceptors (Lipinski definition) is 2. The van der Waals surface area contributed by atoms with Crippen molar-refractivity contribution in [2.75, 3.05) is 11.4 Å². The number of allylic oxidation sites excluding steroid dienone is 1. The minimum absolute atomic E-state index is 0.130. The van der Waals surface area contributed by atoms with Gasteiger partial charge in [-0.1, -0.05) is 11.6 Å². The van der Waals surface area contributed by atoms with Gasteiger partial charge in [-0.25, -0.2) is 4.79 Å². The normalized spacial score (nSPS) is 17.3. The summed E-state index contributed by atoms with van der Waals surface area (Å²) in [6.45, 7) is 0.657. The second-order valence-electron chi connectivity index (χ2n) is 5.73. The first-order valence-corrected chi connectivity index (χ1v) is 7.49. The molecule has 0 radical (unpaired) electrons. The molecule has 1 aliphatic heterocycles. The zero-order valence-corrected chi connectivity index (χ0v) is 12.0. The van der Waals surface area contributed by atoms with Crippen LogP contribution in [0.4, 0.5) is 5.69 Å². The van der Waals surface area contributed by atoms with Crippen LogP contribution >= 0.6 is 0 Å². The topological polar surface area (TPSA) is 57.6 Å². The van der Waals surface area contributed by atoms with Crippen molar-refractivity contribution >= 4 is 17.6 Å². The van der Waals surface area contributed by atoms with Crippen LogP contribution in [0.2, 0.25) is 0 Å². The highest BCUT2D eigenvalue weighted by atomic mass is 16.4. The number of benzene rings is 1. The van der Waals surface area contributed by atoms with Gasteiger partial charge < -0.3 is 10.0 Å². The van der Waals surface area contributed by atoms with Crippen molar-refractivity contribution in [1.29, 1.82) is 0 Å². The van der Waals surface area contributed by atoms with Crippen LogP contribution in [0, 0.1) is 0 Å². The van der Waals surface area contributed by atoms with E-state index in [9.17, 15) is 9.59 Å². The van der Waals surface area contributed by atoms with Gasteiger partial charge in [0, 0.05) is 18.7 Å². The van der Waals surface area contributed by atoms with E-state index in [1.807, 2.05) is 0 Å². The molecule has 0 aromatic heterocycles. The van der Waals surface area contributed by atoms with E-state index in [0.717, 1.165) is 30.5 Å². The Balaban J connectivity index is 1.76. The first-order chi connectivity index (χ1) is 10.1. The average Bonchev–Trinajstić information content (AvgIpc) is 2.91. The number of amides is 1. The van der Waals surface area contributed by atoms with Gasteiger partial charge >= 0.3 is 5.97 Å². The van der Waals surface area contributed by atoms with Crippen molar-refractivity contribution in [3.63, 3.8) is 0 Å². The summed E-state index contributed by atoms with van der Waals surface area (Å²) in [6, 6.07) is 5.02. The first-order valence-electron chi connectivity index (χ1n) is 7.49. The molecule has 0 bridgehead atoms. The second-order valence-corrected chi connectivity index (χ2v) is 5.73. The van der Waals surface area contributed by atoms with Crippen molar-refractivity contribution in [2.24, 2.45) is 0 Å². The van der Waals surface area contributed by atoms with E-state index in [1.54, 1.807) is 23.1 Å². The molecule has 3 rings (SSSR count). The lowest BCUT2D eigenvalue weighted by atomic mass is 9.97. The Labute approximate surface area is 124 Å². The third-order valence-electron chi connectivity index (χ3n) is 4.29. The monoisotopic (exact) mass is 285 g/mol. The number of carboxylic acid groups (broad SMARTS) is 1. The number of rotatable bonds is 3. The van der Waals surface area contributed by atoms with Crippen LogP contribution in [-0.2, 0) is 11.2 Å². The zero-order valence-electron chi connectivity index (χ0n) is 12.0. The molecule has 110 valence electrons. The maximum Gasteiger partial charge on any atom is 0.335 e. The maximum absolute atomic E-state index is 12.5. The fourth-order valence-electron chi connectivity index (χ4n) is 3.15. The fraction of sp³-hybridized carbons (Fsp3) is 0.412. The van der Waals surface area contributed by atoms with E-state index in [1.165, 1.54) is 18.4 Å². The van der Waals surface area contributed by atoms with E-state index >= 15 is 0 Å². The lowest BCUT2D eigenvalue weighted by molar-refractivity contribution is -0.117. The number of nitrogens with zero attached hydrogens (tertiary/aromatic N) is 1. The summed E-state index contributed by atoms with van der Waals surface area (Å²) in [5, 5.41) is 9.02. The van der Waals surface area contributed by atoms with Gasteiger partial charge in [-0.15, -0.1) is 0 Å². The number of carboxylic acids is 1. The number of hydrogen-bond donors (Lipinski definition) is 1. The first kappa shape index (κ1) is 13.9. The van der Waals surface area contributed by atoms with Crippen LogP contribution in [0.15, 0.2) is 29.8 Å². The predicted molar refractivity (Wildman–Crippen MR) is 80.6 cm³/mol. The molecule has 1 amide bonds. The molecule has 0 saturated carbocycles. The van der Waals surface area contributed by atoms with Gasteiger partial charge in [-0.3, -0.25) is 4.79 Å². The SMILES string of the molecule is O=C(O)c1ccc2c(c1)CCN2C(=O)CC1=CCCCC1. The molecule has 0 spiro atoms. The molecule has 0 unspecified atom stereocenters. The molecule has 0 saturated heterocycles. The highest BCUT2D eigenvalue weighted by molar-refractivity contribution is 5.98. The Bertz CT molecular complexity index is 618. The molecule has 4 heteroatoms. The average molecular weight is 285 g/mol. The molecular weight excluding hydrogens is 266 g/mol. The molecule has 1 N–H and O–H groups in total. The van der Waals surface area contributed by atoms with Gasteiger partial charge in [0.15, 0.2) is 0 Å². The van der Waals surface area contributed by atoms with E-state index in [2.05, 4.69) is 6.08 Å². The fourth-order valence-corrected chi connectivity index (χ4v) is 3.15. The minimum atomic E-state index is -0.921. The summed E-state index contributed by atoms with van der Waals surface area (Å²) < 4.78 is 0. The molecule has 0 atom stereocenters. The van der Waals surface area contributed by atoms with Crippen LogP contribution in [0.3, 0.4) is 0 Å². The summed E-state index contributed by atoms with van der Waals surface area (Å²) in [5.74, 6) is -0.792. The molecule has 1 heterocycles. The van der Waals surface area contributed by atoms with Gasteiger partial charge in [-0.2, -0.15) is 0 Å². The molecule has 0 fully saturated rings. The Morgan fingerprint density at radius 2 is 2.05 bits per heavy atom. The summed E-state index contributed by atoms with van der Waals surface area (Å²) >= 11 is 0. The van der Waals surface area contributed by atoms with Gasteiger partial charge in [0.25, 0.3) is 0 Å². The smallest absolute Gasteiger partial charge is 0.335 e. The summed E-state index contributed by atoms with van der Waals surface area (Å²) in [7, 11) is 0. The van der Waals surface area contributed by atoms with Crippen molar-refractivity contribution in [3.8, 4) is 0 Å². The molecule has 1 aromatic rings. The van der Waals surface area contributed by atoms with Gasteiger partial charge in [-0.05, 0) is 55.9 Å². The van der Waals surface area contributed by atoms with E-state index in [0.29, 0.717) is 13.0 Å². The number of fused-ring (bicyclic) bond motifs is 1. The molecule has 21 heavy (non-hydrogen) atoms. The van der Waals surface area contributed by atoms with Crippen LogP contribution in [0.25, 0.3) is 0 Å². The number of anilines is 1. The lowest BCUT2D eigenvalue weighted by Gasteiger charge is -2.19. The number of aromatic carboxylic acids is 1. The van der Waals surface area contributed by atoms with Crippen molar-refractivity contribution in [2.45, 2.75) is 38.5 Å². The van der Waals surface area contributed by atoms with Gasteiger partial charge in [0.05, 0.1) is 5.56 Å². The predicted octanol–water partition coefficient (Wildman–Crippen LogP) is 3.16. The third kappa shape index (κ3) is 2.84. The molecule has 2 aliphatic rings. The van der Waals surface area contributed by atoms with Crippen LogP contribution < -0.4 is 4.90 Å². The molecule has 4 nitrogen and oxygen atoms in total.